The van der Waals surface area contributed by atoms with Crippen LogP contribution in [0.25, 0.3) is 22.0 Å². The highest BCUT2D eigenvalue weighted by atomic mass is 16.2. The lowest BCUT2D eigenvalue weighted by molar-refractivity contribution is -0.127. The number of amides is 1. The molecule has 36 heavy (non-hydrogen) atoms. The number of hydrogen-bond donors (Lipinski definition) is 3. The van der Waals surface area contributed by atoms with Crippen molar-refractivity contribution in [1.82, 2.24) is 20.1 Å². The predicted octanol–water partition coefficient (Wildman–Crippen LogP) is 4.09. The van der Waals surface area contributed by atoms with Gasteiger partial charge < -0.3 is 11.1 Å². The van der Waals surface area contributed by atoms with Gasteiger partial charge >= 0.3 is 0 Å². The minimum absolute atomic E-state index is 0.0152. The fourth-order valence-electron chi connectivity index (χ4n) is 5.26. The molecule has 4 N–H and O–H groups in total. The molecule has 1 aliphatic carbocycles. The van der Waals surface area contributed by atoms with Gasteiger partial charge in [-0.15, -0.1) is 0 Å². The van der Waals surface area contributed by atoms with Gasteiger partial charge in [-0.1, -0.05) is 36.4 Å². The first-order chi connectivity index (χ1) is 17.5. The third-order valence-corrected chi connectivity index (χ3v) is 7.46. The topological polar surface area (TPSA) is 106 Å². The van der Waals surface area contributed by atoms with Crippen molar-refractivity contribution in [1.29, 1.82) is 0 Å². The lowest BCUT2D eigenvalue weighted by atomic mass is 9.81. The van der Waals surface area contributed by atoms with Crippen LogP contribution in [0.15, 0.2) is 71.7 Å². The van der Waals surface area contributed by atoms with Gasteiger partial charge in [-0.05, 0) is 85.5 Å². The van der Waals surface area contributed by atoms with Crippen molar-refractivity contribution >= 4 is 16.8 Å². The number of carbonyl (C=O) groups excluding carboxylic acids is 1. The molecule has 1 amide bonds. The number of aromatic nitrogens is 3. The molecule has 1 saturated carbocycles. The van der Waals surface area contributed by atoms with Gasteiger partial charge in [0.1, 0.15) is 0 Å². The number of aryl methyl sites for hydroxylation is 1. The summed E-state index contributed by atoms with van der Waals surface area (Å²) < 4.78 is 1.48. The fraction of sp³-hybridized carbons (Fsp3) is 0.345. The van der Waals surface area contributed by atoms with E-state index in [1.807, 2.05) is 48.5 Å². The zero-order chi connectivity index (χ0) is 25.1. The highest BCUT2D eigenvalue weighted by Gasteiger charge is 2.28. The summed E-state index contributed by atoms with van der Waals surface area (Å²) in [4.78, 5) is 30.4. The summed E-state index contributed by atoms with van der Waals surface area (Å²) in [7, 11) is 1.71. The Balaban J connectivity index is 1.43. The Labute approximate surface area is 210 Å². The Kier molecular flexibility index (Phi) is 7.00. The van der Waals surface area contributed by atoms with Crippen LogP contribution in [-0.4, -0.2) is 27.2 Å². The van der Waals surface area contributed by atoms with Crippen molar-refractivity contribution in [3.8, 4) is 11.1 Å². The van der Waals surface area contributed by atoms with Crippen LogP contribution < -0.4 is 16.6 Å². The smallest absolute Gasteiger partial charge is 0.274 e. The number of nitrogens with zero attached hydrogens (tertiary/aromatic N) is 2. The Morgan fingerprint density at radius 2 is 1.83 bits per heavy atom. The molecule has 186 valence electrons. The summed E-state index contributed by atoms with van der Waals surface area (Å²) in [6.07, 6.45) is 6.20. The number of aromatic amines is 1. The number of hydrogen-bond acceptors (Lipinski definition) is 4. The largest absolute Gasteiger partial charge is 0.347 e. The maximum Gasteiger partial charge on any atom is 0.274 e. The van der Waals surface area contributed by atoms with Crippen LogP contribution >= 0.6 is 0 Å². The number of fused-ring (bicyclic) bond motifs is 1. The molecule has 7 nitrogen and oxygen atoms in total. The molecule has 4 aromatic rings. The highest BCUT2D eigenvalue weighted by Crippen LogP contribution is 2.30. The van der Waals surface area contributed by atoms with Crippen LogP contribution in [0.5, 0.6) is 0 Å². The standard InChI is InChI=1S/C29H33N5O2/c1-34-29(36)24-16-22(11-12-25(24)33-34)23-13-14-31-26(17-23)27(15-19-5-3-2-4-6-19)32-28(35)21-9-7-20(18-30)8-10-21/h2-6,11-14,16-17,20-21,27,33H,7-10,15,18,30H2,1H3,(H,32,35). The average molecular weight is 484 g/mol. The highest BCUT2D eigenvalue weighted by molar-refractivity contribution is 5.84. The van der Waals surface area contributed by atoms with E-state index in [1.165, 1.54) is 4.68 Å². The molecule has 2 heterocycles. The monoisotopic (exact) mass is 483 g/mol. The van der Waals surface area contributed by atoms with Crippen LogP contribution in [0, 0.1) is 11.8 Å². The van der Waals surface area contributed by atoms with E-state index < -0.39 is 0 Å². The summed E-state index contributed by atoms with van der Waals surface area (Å²) in [6, 6.07) is 19.7. The zero-order valence-corrected chi connectivity index (χ0v) is 20.6. The van der Waals surface area contributed by atoms with Crippen LogP contribution in [0.3, 0.4) is 0 Å². The number of H-pyrrole nitrogens is 1. The van der Waals surface area contributed by atoms with E-state index in [1.54, 1.807) is 13.2 Å². The summed E-state index contributed by atoms with van der Waals surface area (Å²) in [5, 5.41) is 7.02. The average Bonchev–Trinajstić information content (AvgIpc) is 3.21. The van der Waals surface area contributed by atoms with E-state index in [0.717, 1.165) is 53.6 Å². The van der Waals surface area contributed by atoms with Crippen molar-refractivity contribution in [2.45, 2.75) is 38.1 Å². The molecule has 1 fully saturated rings. The molecule has 0 radical (unpaired) electrons. The van der Waals surface area contributed by atoms with Gasteiger partial charge in [0.15, 0.2) is 0 Å². The van der Waals surface area contributed by atoms with Crippen molar-refractivity contribution in [2.75, 3.05) is 6.54 Å². The molecule has 0 saturated heterocycles. The maximum atomic E-state index is 13.3. The van der Waals surface area contributed by atoms with Crippen LogP contribution in [-0.2, 0) is 18.3 Å². The van der Waals surface area contributed by atoms with Crippen molar-refractivity contribution in [3.05, 3.63) is 88.5 Å². The van der Waals surface area contributed by atoms with Gasteiger partial charge in [0.25, 0.3) is 5.56 Å². The first-order valence-corrected chi connectivity index (χ1v) is 12.7. The Bertz CT molecular complexity index is 1400. The van der Waals surface area contributed by atoms with E-state index in [0.29, 0.717) is 24.3 Å². The van der Waals surface area contributed by atoms with Gasteiger partial charge in [-0.3, -0.25) is 24.4 Å². The molecule has 2 aromatic heterocycles. The second kappa shape index (κ2) is 10.5. The fourth-order valence-corrected chi connectivity index (χ4v) is 5.26. The summed E-state index contributed by atoms with van der Waals surface area (Å²) in [6.45, 7) is 0.697. The van der Waals surface area contributed by atoms with E-state index in [-0.39, 0.29) is 23.4 Å². The van der Waals surface area contributed by atoms with E-state index in [4.69, 9.17) is 5.73 Å². The molecule has 1 unspecified atom stereocenters. The van der Waals surface area contributed by atoms with Gasteiger partial charge in [-0.25, -0.2) is 0 Å². The number of carbonyl (C=O) groups is 1. The molecule has 1 aliphatic rings. The van der Waals surface area contributed by atoms with Gasteiger partial charge in [0, 0.05) is 19.2 Å². The molecular weight excluding hydrogens is 450 g/mol. The second-order valence-corrected chi connectivity index (χ2v) is 9.91. The van der Waals surface area contributed by atoms with E-state index >= 15 is 0 Å². The van der Waals surface area contributed by atoms with E-state index in [9.17, 15) is 9.59 Å². The van der Waals surface area contributed by atoms with Crippen molar-refractivity contribution in [2.24, 2.45) is 24.6 Å². The van der Waals surface area contributed by atoms with Crippen molar-refractivity contribution in [3.63, 3.8) is 0 Å². The lowest BCUT2D eigenvalue weighted by Crippen LogP contribution is -2.37. The second-order valence-electron chi connectivity index (χ2n) is 9.91. The molecule has 0 spiro atoms. The van der Waals surface area contributed by atoms with Gasteiger partial charge in [-0.2, -0.15) is 0 Å². The number of nitrogens with one attached hydrogen (secondary N) is 2. The van der Waals surface area contributed by atoms with Crippen LogP contribution in [0.1, 0.15) is 43.0 Å². The van der Waals surface area contributed by atoms with Gasteiger partial charge in [0.2, 0.25) is 5.91 Å². The summed E-state index contributed by atoms with van der Waals surface area (Å²) >= 11 is 0. The number of nitrogens with two attached hydrogens (primary N) is 1. The SMILES string of the molecule is Cn1[nH]c2ccc(-c3ccnc(C(Cc4ccccc4)NC(=O)C4CCC(CN)CC4)c3)cc2c1=O. The summed E-state index contributed by atoms with van der Waals surface area (Å²) in [5.41, 5.74) is 10.4. The molecule has 1 atom stereocenters. The minimum atomic E-state index is -0.254. The van der Waals surface area contributed by atoms with Gasteiger partial charge in [0.05, 0.1) is 22.6 Å². The molecule has 2 aromatic carbocycles. The first-order valence-electron chi connectivity index (χ1n) is 12.7. The molecular formula is C29H33N5O2. The molecule has 5 rings (SSSR count). The quantitative estimate of drug-likeness (QED) is 0.368. The Morgan fingerprint density at radius 1 is 1.08 bits per heavy atom. The first kappa shape index (κ1) is 24.0. The Hall–Kier alpha value is -3.71. The third-order valence-electron chi connectivity index (χ3n) is 7.46. The minimum Gasteiger partial charge on any atom is -0.347 e. The van der Waals surface area contributed by atoms with Crippen molar-refractivity contribution < 1.29 is 4.79 Å². The molecule has 7 heteroatoms. The lowest BCUT2D eigenvalue weighted by Gasteiger charge is -2.28. The Morgan fingerprint density at radius 3 is 2.58 bits per heavy atom. The summed E-state index contributed by atoms with van der Waals surface area (Å²) in [5.74, 6) is 0.638. The van der Waals surface area contributed by atoms with E-state index in [2.05, 4.69) is 27.5 Å². The van der Waals surface area contributed by atoms with Crippen LogP contribution in [0.4, 0.5) is 0 Å². The normalized spacial score (nSPS) is 18.7. The third kappa shape index (κ3) is 5.11. The molecule has 0 bridgehead atoms. The maximum absolute atomic E-state index is 13.3. The number of benzene rings is 2. The predicted molar refractivity (Wildman–Crippen MR) is 142 cm³/mol. The number of pyridine rings is 1. The zero-order valence-electron chi connectivity index (χ0n) is 20.6. The molecule has 0 aliphatic heterocycles. The van der Waals surface area contributed by atoms with Crippen LogP contribution in [0.2, 0.25) is 0 Å². The number of rotatable bonds is 7.